The SMILES string of the molecule is O=C([O-])c1c(Cl)ncc(I)c1F. The molecule has 0 aliphatic rings. The molecule has 1 heterocycles. The summed E-state index contributed by atoms with van der Waals surface area (Å²) in [6.07, 6.45) is 1.14. The summed E-state index contributed by atoms with van der Waals surface area (Å²) in [5.74, 6) is -2.57. The molecule has 1 aromatic rings. The van der Waals surface area contributed by atoms with Crippen LogP contribution in [0.4, 0.5) is 4.39 Å². The molecule has 6 heteroatoms. The predicted molar refractivity (Wildman–Crippen MR) is 46.3 cm³/mol. The van der Waals surface area contributed by atoms with E-state index in [-0.39, 0.29) is 3.57 Å². The largest absolute Gasteiger partial charge is 0.545 e. The van der Waals surface area contributed by atoms with Gasteiger partial charge in [0, 0.05) is 6.20 Å². The molecule has 0 aromatic carbocycles. The van der Waals surface area contributed by atoms with Crippen LogP contribution < -0.4 is 5.11 Å². The van der Waals surface area contributed by atoms with Crippen molar-refractivity contribution >= 4 is 40.2 Å². The molecule has 0 bridgehead atoms. The zero-order valence-corrected chi connectivity index (χ0v) is 8.39. The minimum atomic E-state index is -1.66. The van der Waals surface area contributed by atoms with Crippen molar-refractivity contribution in [1.29, 1.82) is 0 Å². The molecule has 0 N–H and O–H groups in total. The molecule has 3 nitrogen and oxygen atoms in total. The lowest BCUT2D eigenvalue weighted by molar-refractivity contribution is -0.255. The summed E-state index contributed by atoms with van der Waals surface area (Å²) < 4.78 is 13.1. The van der Waals surface area contributed by atoms with Crippen molar-refractivity contribution in [1.82, 2.24) is 4.98 Å². The predicted octanol–water partition coefficient (Wildman–Crippen LogP) is 0.842. The Hall–Kier alpha value is -0.430. The highest BCUT2D eigenvalue weighted by atomic mass is 127. The monoisotopic (exact) mass is 300 g/mol. The summed E-state index contributed by atoms with van der Waals surface area (Å²) in [7, 11) is 0. The number of aromatic carboxylic acids is 1. The molecule has 0 radical (unpaired) electrons. The molecule has 1 rings (SSSR count). The lowest BCUT2D eigenvalue weighted by Gasteiger charge is -2.06. The number of nitrogens with zero attached hydrogens (tertiary/aromatic N) is 1. The van der Waals surface area contributed by atoms with Crippen LogP contribution in [-0.2, 0) is 0 Å². The second kappa shape index (κ2) is 3.53. The summed E-state index contributed by atoms with van der Waals surface area (Å²) in [6, 6.07) is 0. The fourth-order valence-corrected chi connectivity index (χ4v) is 1.24. The molecular formula is C6HClFINO2-. The van der Waals surface area contributed by atoms with Crippen LogP contribution in [0.15, 0.2) is 6.20 Å². The first-order valence-corrected chi connectivity index (χ1v) is 4.20. The van der Waals surface area contributed by atoms with Crippen molar-refractivity contribution in [3.05, 3.63) is 26.3 Å². The number of carbonyl (C=O) groups excluding carboxylic acids is 1. The highest BCUT2D eigenvalue weighted by molar-refractivity contribution is 14.1. The van der Waals surface area contributed by atoms with Gasteiger partial charge in [-0.2, -0.15) is 0 Å². The Morgan fingerprint density at radius 1 is 1.75 bits per heavy atom. The van der Waals surface area contributed by atoms with E-state index in [4.69, 9.17) is 11.6 Å². The maximum absolute atomic E-state index is 13.0. The minimum absolute atomic E-state index is 0.0937. The third kappa shape index (κ3) is 1.66. The van der Waals surface area contributed by atoms with Crippen molar-refractivity contribution in [3.8, 4) is 0 Å². The average Bonchev–Trinajstić information content (AvgIpc) is 1.97. The van der Waals surface area contributed by atoms with Crippen LogP contribution in [0.2, 0.25) is 5.15 Å². The molecule has 0 unspecified atom stereocenters. The molecule has 0 saturated heterocycles. The summed E-state index contributed by atoms with van der Waals surface area (Å²) in [5.41, 5.74) is -0.691. The summed E-state index contributed by atoms with van der Waals surface area (Å²) >= 11 is 6.93. The van der Waals surface area contributed by atoms with Gasteiger partial charge in [0.05, 0.1) is 15.1 Å². The standard InChI is InChI=1S/C6H2ClFINO2/c7-5-3(6(11)12)4(8)2(9)1-10-5/h1H,(H,11,12)/p-1. The Morgan fingerprint density at radius 3 is 2.75 bits per heavy atom. The van der Waals surface area contributed by atoms with Crippen LogP contribution in [0, 0.1) is 9.39 Å². The first-order valence-electron chi connectivity index (χ1n) is 2.75. The molecule has 0 amide bonds. The number of rotatable bonds is 1. The van der Waals surface area contributed by atoms with Crippen LogP contribution in [0.1, 0.15) is 10.4 Å². The number of carboxylic acid groups (broad SMARTS) is 1. The first kappa shape index (κ1) is 9.66. The van der Waals surface area contributed by atoms with Gasteiger partial charge >= 0.3 is 0 Å². The van der Waals surface area contributed by atoms with Crippen LogP contribution in [0.3, 0.4) is 0 Å². The fraction of sp³-hybridized carbons (Fsp3) is 0. The third-order valence-corrected chi connectivity index (χ3v) is 2.17. The second-order valence-corrected chi connectivity index (χ2v) is 3.39. The van der Waals surface area contributed by atoms with Crippen LogP contribution >= 0.6 is 34.2 Å². The molecule has 0 spiro atoms. The van der Waals surface area contributed by atoms with E-state index >= 15 is 0 Å². The minimum Gasteiger partial charge on any atom is -0.545 e. The van der Waals surface area contributed by atoms with E-state index in [1.165, 1.54) is 0 Å². The number of carbonyl (C=O) groups is 1. The highest BCUT2D eigenvalue weighted by Crippen LogP contribution is 2.19. The van der Waals surface area contributed by atoms with E-state index in [1.54, 1.807) is 22.6 Å². The lowest BCUT2D eigenvalue weighted by Crippen LogP contribution is -2.24. The number of aromatic nitrogens is 1. The van der Waals surface area contributed by atoms with E-state index < -0.39 is 22.5 Å². The van der Waals surface area contributed by atoms with Gasteiger partial charge in [-0.3, -0.25) is 0 Å². The van der Waals surface area contributed by atoms with Gasteiger partial charge in [-0.25, -0.2) is 9.37 Å². The summed E-state index contributed by atoms with van der Waals surface area (Å²) in [6.45, 7) is 0. The van der Waals surface area contributed by atoms with Crippen molar-refractivity contribution < 1.29 is 14.3 Å². The van der Waals surface area contributed by atoms with E-state index in [0.29, 0.717) is 0 Å². The van der Waals surface area contributed by atoms with Gasteiger partial charge < -0.3 is 9.90 Å². The molecule has 0 saturated carbocycles. The molecule has 0 aliphatic carbocycles. The highest BCUT2D eigenvalue weighted by Gasteiger charge is 2.12. The van der Waals surface area contributed by atoms with Crippen molar-refractivity contribution in [2.75, 3.05) is 0 Å². The van der Waals surface area contributed by atoms with Crippen molar-refractivity contribution in [2.24, 2.45) is 0 Å². The molecule has 0 atom stereocenters. The maximum Gasteiger partial charge on any atom is 0.150 e. The second-order valence-electron chi connectivity index (χ2n) is 1.87. The summed E-state index contributed by atoms with van der Waals surface area (Å²) in [4.78, 5) is 13.8. The van der Waals surface area contributed by atoms with E-state index in [1.807, 2.05) is 0 Å². The number of hydrogen-bond donors (Lipinski definition) is 0. The zero-order valence-electron chi connectivity index (χ0n) is 5.47. The number of pyridine rings is 1. The van der Waals surface area contributed by atoms with Crippen LogP contribution in [-0.4, -0.2) is 11.0 Å². The van der Waals surface area contributed by atoms with Crippen LogP contribution in [0.25, 0.3) is 0 Å². The van der Waals surface area contributed by atoms with Crippen LogP contribution in [0.5, 0.6) is 0 Å². The molecule has 0 fully saturated rings. The van der Waals surface area contributed by atoms with Gasteiger partial charge in [-0.1, -0.05) is 11.6 Å². The van der Waals surface area contributed by atoms with Gasteiger partial charge in [-0.15, -0.1) is 0 Å². The third-order valence-electron chi connectivity index (χ3n) is 1.13. The van der Waals surface area contributed by atoms with Gasteiger partial charge in [0.1, 0.15) is 11.0 Å². The number of halogens is 3. The normalized spacial score (nSPS) is 9.92. The van der Waals surface area contributed by atoms with Gasteiger partial charge in [-0.05, 0) is 22.6 Å². The molecule has 12 heavy (non-hydrogen) atoms. The van der Waals surface area contributed by atoms with E-state index in [0.717, 1.165) is 6.20 Å². The topological polar surface area (TPSA) is 53.0 Å². The zero-order chi connectivity index (χ0) is 9.30. The Kier molecular flexibility index (Phi) is 2.84. The van der Waals surface area contributed by atoms with E-state index in [9.17, 15) is 14.3 Å². The molecule has 64 valence electrons. The maximum atomic E-state index is 13.0. The van der Waals surface area contributed by atoms with E-state index in [2.05, 4.69) is 4.98 Å². The number of hydrogen-bond acceptors (Lipinski definition) is 3. The van der Waals surface area contributed by atoms with Gasteiger partial charge in [0.25, 0.3) is 0 Å². The molecule has 1 aromatic heterocycles. The molecule has 0 aliphatic heterocycles. The summed E-state index contributed by atoms with van der Waals surface area (Å²) in [5, 5.41) is 9.92. The Balaban J connectivity index is 3.43. The Morgan fingerprint density at radius 2 is 2.33 bits per heavy atom. The Bertz CT molecular complexity index is 345. The van der Waals surface area contributed by atoms with Crippen molar-refractivity contribution in [2.45, 2.75) is 0 Å². The smallest absolute Gasteiger partial charge is 0.150 e. The quantitative estimate of drug-likeness (QED) is 0.570. The van der Waals surface area contributed by atoms with Gasteiger partial charge in [0.2, 0.25) is 0 Å². The fourth-order valence-electron chi connectivity index (χ4n) is 0.618. The number of carboxylic acids is 1. The Labute approximate surface area is 85.7 Å². The average molecular weight is 300 g/mol. The molecular weight excluding hydrogens is 299 g/mol. The van der Waals surface area contributed by atoms with Gasteiger partial charge in [0.15, 0.2) is 0 Å². The van der Waals surface area contributed by atoms with Crippen molar-refractivity contribution in [3.63, 3.8) is 0 Å². The lowest BCUT2D eigenvalue weighted by atomic mass is 10.3. The first-order chi connectivity index (χ1) is 5.54.